The Balaban J connectivity index is 1.50. The summed E-state index contributed by atoms with van der Waals surface area (Å²) in [6.07, 6.45) is 9.54. The lowest BCUT2D eigenvalue weighted by atomic mass is 9.97. The summed E-state index contributed by atoms with van der Waals surface area (Å²) < 4.78 is 19.1. The highest BCUT2D eigenvalue weighted by Gasteiger charge is 2.14. The van der Waals surface area contributed by atoms with E-state index >= 15 is 0 Å². The van der Waals surface area contributed by atoms with E-state index in [0.29, 0.717) is 6.54 Å². The maximum atomic E-state index is 13.6. The molecule has 0 radical (unpaired) electrons. The Hall–Kier alpha value is -1.50. The second-order valence-corrected chi connectivity index (χ2v) is 8.34. The lowest BCUT2D eigenvalue weighted by molar-refractivity contribution is 0.0367. The molecule has 0 atom stereocenters. The van der Waals surface area contributed by atoms with Crippen molar-refractivity contribution in [2.45, 2.75) is 45.1 Å². The molecule has 0 spiro atoms. The van der Waals surface area contributed by atoms with Gasteiger partial charge in [-0.05, 0) is 68.4 Å². The van der Waals surface area contributed by atoms with Gasteiger partial charge in [-0.25, -0.2) is 4.39 Å². The summed E-state index contributed by atoms with van der Waals surface area (Å²) >= 11 is 5.71. The molecule has 1 aliphatic heterocycles. The van der Waals surface area contributed by atoms with E-state index in [1.165, 1.54) is 31.7 Å². The molecule has 160 valence electrons. The monoisotopic (exact) mass is 419 g/mol. The molecule has 1 aliphatic carbocycles. The smallest absolute Gasteiger partial charge is 0.169 e. The number of nitrogens with zero attached hydrogens (tertiary/aromatic N) is 2. The van der Waals surface area contributed by atoms with Gasteiger partial charge in [0.1, 0.15) is 5.82 Å². The minimum atomic E-state index is -0.195. The first-order valence-corrected chi connectivity index (χ1v) is 11.4. The number of hydrogen-bond donors (Lipinski definition) is 1. The molecule has 1 N–H and O–H groups in total. The second-order valence-electron chi connectivity index (χ2n) is 7.95. The Morgan fingerprint density at radius 2 is 2.10 bits per heavy atom. The van der Waals surface area contributed by atoms with Crippen molar-refractivity contribution in [1.82, 2.24) is 15.1 Å². The van der Waals surface area contributed by atoms with Gasteiger partial charge in [-0.3, -0.25) is 4.90 Å². The van der Waals surface area contributed by atoms with Crippen molar-refractivity contribution in [1.29, 1.82) is 0 Å². The van der Waals surface area contributed by atoms with Crippen molar-refractivity contribution in [2.24, 2.45) is 0 Å². The summed E-state index contributed by atoms with van der Waals surface area (Å²) in [6.45, 7) is 7.05. The fourth-order valence-electron chi connectivity index (χ4n) is 3.99. The highest BCUT2D eigenvalue weighted by atomic mass is 32.1. The highest BCUT2D eigenvalue weighted by molar-refractivity contribution is 7.80. The van der Waals surface area contributed by atoms with Crippen LogP contribution in [0.1, 0.15) is 44.1 Å². The molecule has 0 saturated carbocycles. The summed E-state index contributed by atoms with van der Waals surface area (Å²) in [5.41, 5.74) is 2.51. The van der Waals surface area contributed by atoms with Gasteiger partial charge in [0.15, 0.2) is 5.11 Å². The van der Waals surface area contributed by atoms with Crippen molar-refractivity contribution in [2.75, 3.05) is 45.9 Å². The SMILES string of the molecule is Fc1cccc(CN(CCCN2CCOCC2)C(=S)NCCC2=CCCCC2)c1. The van der Waals surface area contributed by atoms with Crippen LogP contribution in [0.15, 0.2) is 35.9 Å². The number of benzene rings is 1. The molecule has 3 rings (SSSR count). The second kappa shape index (κ2) is 12.3. The van der Waals surface area contributed by atoms with Crippen LogP contribution in [0.25, 0.3) is 0 Å². The zero-order chi connectivity index (χ0) is 20.3. The van der Waals surface area contributed by atoms with E-state index in [4.69, 9.17) is 17.0 Å². The van der Waals surface area contributed by atoms with Crippen molar-refractivity contribution >= 4 is 17.3 Å². The average Bonchev–Trinajstić information content (AvgIpc) is 2.74. The molecule has 1 aromatic rings. The Morgan fingerprint density at radius 3 is 2.86 bits per heavy atom. The van der Waals surface area contributed by atoms with Crippen LogP contribution in [0.3, 0.4) is 0 Å². The van der Waals surface area contributed by atoms with E-state index in [-0.39, 0.29) is 5.82 Å². The first-order chi connectivity index (χ1) is 14.2. The summed E-state index contributed by atoms with van der Waals surface area (Å²) in [5, 5.41) is 4.21. The molecule has 1 heterocycles. The van der Waals surface area contributed by atoms with Crippen molar-refractivity contribution < 1.29 is 9.13 Å². The van der Waals surface area contributed by atoms with Gasteiger partial charge in [-0.1, -0.05) is 23.8 Å². The fourth-order valence-corrected chi connectivity index (χ4v) is 4.25. The van der Waals surface area contributed by atoms with Crippen LogP contribution < -0.4 is 5.32 Å². The molecule has 0 aromatic heterocycles. The number of nitrogens with one attached hydrogen (secondary N) is 1. The molecule has 29 heavy (non-hydrogen) atoms. The molecular weight excluding hydrogens is 385 g/mol. The number of morpholine rings is 1. The van der Waals surface area contributed by atoms with Crippen LogP contribution in [0.4, 0.5) is 4.39 Å². The Labute approximate surface area is 180 Å². The standard InChI is InChI=1S/C23H34FN3OS/c24-22-9-4-8-21(18-22)19-27(13-5-12-26-14-16-28-17-15-26)23(29)25-11-10-20-6-2-1-3-7-20/h4,6,8-9,18H,1-3,5,7,10-17,19H2,(H,25,29). The molecule has 2 aliphatic rings. The molecule has 6 heteroatoms. The lowest BCUT2D eigenvalue weighted by Gasteiger charge is -2.30. The van der Waals surface area contributed by atoms with Crippen LogP contribution in [0.2, 0.25) is 0 Å². The lowest BCUT2D eigenvalue weighted by Crippen LogP contribution is -2.42. The maximum absolute atomic E-state index is 13.6. The van der Waals surface area contributed by atoms with E-state index in [9.17, 15) is 4.39 Å². The largest absolute Gasteiger partial charge is 0.379 e. The van der Waals surface area contributed by atoms with Gasteiger partial charge >= 0.3 is 0 Å². The van der Waals surface area contributed by atoms with E-state index in [1.54, 1.807) is 17.7 Å². The highest BCUT2D eigenvalue weighted by Crippen LogP contribution is 2.19. The van der Waals surface area contributed by atoms with Crippen LogP contribution in [0.5, 0.6) is 0 Å². The number of rotatable bonds is 9. The van der Waals surface area contributed by atoms with Crippen molar-refractivity contribution in [3.63, 3.8) is 0 Å². The molecule has 1 fully saturated rings. The van der Waals surface area contributed by atoms with Gasteiger partial charge in [0.05, 0.1) is 13.2 Å². The van der Waals surface area contributed by atoms with Crippen molar-refractivity contribution in [3.8, 4) is 0 Å². The minimum Gasteiger partial charge on any atom is -0.379 e. The van der Waals surface area contributed by atoms with Gasteiger partial charge in [0.25, 0.3) is 0 Å². The predicted molar refractivity (Wildman–Crippen MR) is 120 cm³/mol. The Kier molecular flexibility index (Phi) is 9.38. The van der Waals surface area contributed by atoms with Gasteiger partial charge < -0.3 is 15.0 Å². The molecule has 1 aromatic carbocycles. The molecular formula is C23H34FN3OS. The van der Waals surface area contributed by atoms with Crippen LogP contribution in [-0.4, -0.2) is 60.8 Å². The van der Waals surface area contributed by atoms with E-state index in [0.717, 1.165) is 69.5 Å². The molecule has 1 saturated heterocycles. The van der Waals surface area contributed by atoms with Crippen LogP contribution >= 0.6 is 12.2 Å². The summed E-state index contributed by atoms with van der Waals surface area (Å²) in [5.74, 6) is -0.195. The topological polar surface area (TPSA) is 27.7 Å². The first-order valence-electron chi connectivity index (χ1n) is 11.0. The molecule has 0 amide bonds. The zero-order valence-electron chi connectivity index (χ0n) is 17.4. The molecule has 0 bridgehead atoms. The van der Waals surface area contributed by atoms with Gasteiger partial charge in [0, 0.05) is 39.3 Å². The van der Waals surface area contributed by atoms with Crippen molar-refractivity contribution in [3.05, 3.63) is 47.3 Å². The summed E-state index contributed by atoms with van der Waals surface area (Å²) in [6, 6.07) is 6.82. The quantitative estimate of drug-likeness (QED) is 0.480. The van der Waals surface area contributed by atoms with Gasteiger partial charge in [-0.2, -0.15) is 0 Å². The summed E-state index contributed by atoms with van der Waals surface area (Å²) in [4.78, 5) is 4.62. The maximum Gasteiger partial charge on any atom is 0.169 e. The van der Waals surface area contributed by atoms with Crippen LogP contribution in [0, 0.1) is 5.82 Å². The number of allylic oxidation sites excluding steroid dienone is 1. The summed E-state index contributed by atoms with van der Waals surface area (Å²) in [7, 11) is 0. The number of halogens is 1. The molecule has 4 nitrogen and oxygen atoms in total. The zero-order valence-corrected chi connectivity index (χ0v) is 18.2. The number of hydrogen-bond acceptors (Lipinski definition) is 3. The number of ether oxygens (including phenoxy) is 1. The van der Waals surface area contributed by atoms with E-state index < -0.39 is 0 Å². The first kappa shape index (κ1) is 22.2. The van der Waals surface area contributed by atoms with Gasteiger partial charge in [0.2, 0.25) is 0 Å². The fraction of sp³-hybridized carbons (Fsp3) is 0.609. The third kappa shape index (κ3) is 8.03. The normalized spacial score (nSPS) is 17.6. The van der Waals surface area contributed by atoms with Crippen LogP contribution in [-0.2, 0) is 11.3 Å². The minimum absolute atomic E-state index is 0.195. The third-order valence-electron chi connectivity index (χ3n) is 5.66. The third-order valence-corrected chi connectivity index (χ3v) is 6.07. The average molecular weight is 420 g/mol. The predicted octanol–water partition coefficient (Wildman–Crippen LogP) is 4.12. The Morgan fingerprint density at radius 1 is 1.24 bits per heavy atom. The molecule has 0 unspecified atom stereocenters. The van der Waals surface area contributed by atoms with E-state index in [2.05, 4.69) is 21.2 Å². The van der Waals surface area contributed by atoms with E-state index in [1.807, 2.05) is 6.07 Å². The Bertz CT molecular complexity index is 676. The number of thiocarbonyl (C=S) groups is 1. The van der Waals surface area contributed by atoms with Gasteiger partial charge in [-0.15, -0.1) is 0 Å².